The van der Waals surface area contributed by atoms with Crippen LogP contribution in [0.1, 0.15) is 31.5 Å². The highest BCUT2D eigenvalue weighted by Gasteiger charge is 2.35. The van der Waals surface area contributed by atoms with Gasteiger partial charge in [0.1, 0.15) is 5.82 Å². The molecule has 2 aromatic rings. The molecule has 0 amide bonds. The molecule has 3 rings (SSSR count). The zero-order chi connectivity index (χ0) is 12.9. The fourth-order valence-electron chi connectivity index (χ4n) is 2.73. The molecule has 0 fully saturated rings. The molecule has 0 unspecified atom stereocenters. The van der Waals surface area contributed by atoms with Gasteiger partial charge in [0, 0.05) is 10.0 Å². The first-order valence-electron chi connectivity index (χ1n) is 6.13. The molecular formula is C14H16BrN3. The Hall–Kier alpha value is -1.29. The lowest BCUT2D eigenvalue weighted by atomic mass is 9.87. The van der Waals surface area contributed by atoms with E-state index in [2.05, 4.69) is 34.9 Å². The number of aromatic nitrogens is 2. The summed E-state index contributed by atoms with van der Waals surface area (Å²) in [6.07, 6.45) is 2.16. The largest absolute Gasteiger partial charge is 0.383 e. The number of nitrogens with two attached hydrogens (primary N) is 1. The lowest BCUT2D eigenvalue weighted by Gasteiger charge is -2.18. The van der Waals surface area contributed by atoms with Gasteiger partial charge in [-0.3, -0.25) is 0 Å². The fourth-order valence-corrected chi connectivity index (χ4v) is 2.99. The molecule has 0 radical (unpaired) electrons. The Morgan fingerprint density at radius 1 is 1.28 bits per heavy atom. The molecule has 0 saturated carbocycles. The SMILES string of the molecule is CC1(C)CCc2nn(-c3ccc(Br)cc3)c(N)c21. The van der Waals surface area contributed by atoms with Crippen molar-refractivity contribution in [2.24, 2.45) is 0 Å². The van der Waals surface area contributed by atoms with Gasteiger partial charge in [0.15, 0.2) is 0 Å². The van der Waals surface area contributed by atoms with Gasteiger partial charge in [-0.25, -0.2) is 4.68 Å². The molecule has 0 saturated heterocycles. The van der Waals surface area contributed by atoms with Crippen molar-refractivity contribution in [3.8, 4) is 5.69 Å². The van der Waals surface area contributed by atoms with Crippen LogP contribution in [0.4, 0.5) is 5.82 Å². The van der Waals surface area contributed by atoms with Crippen LogP contribution in [0.2, 0.25) is 0 Å². The molecule has 1 aromatic heterocycles. The van der Waals surface area contributed by atoms with Gasteiger partial charge in [-0.1, -0.05) is 29.8 Å². The van der Waals surface area contributed by atoms with Gasteiger partial charge >= 0.3 is 0 Å². The smallest absolute Gasteiger partial charge is 0.131 e. The van der Waals surface area contributed by atoms with E-state index in [9.17, 15) is 0 Å². The number of aryl methyl sites for hydroxylation is 1. The van der Waals surface area contributed by atoms with Gasteiger partial charge in [-0.2, -0.15) is 5.10 Å². The predicted molar refractivity (Wildman–Crippen MR) is 77.0 cm³/mol. The molecule has 3 nitrogen and oxygen atoms in total. The number of anilines is 1. The molecular weight excluding hydrogens is 290 g/mol. The van der Waals surface area contributed by atoms with Crippen LogP contribution < -0.4 is 5.73 Å². The second-order valence-electron chi connectivity index (χ2n) is 5.48. The Bertz CT molecular complexity index is 596. The number of rotatable bonds is 1. The maximum Gasteiger partial charge on any atom is 0.131 e. The van der Waals surface area contributed by atoms with Crippen LogP contribution in [0.5, 0.6) is 0 Å². The zero-order valence-corrected chi connectivity index (χ0v) is 12.2. The van der Waals surface area contributed by atoms with Crippen LogP contribution >= 0.6 is 15.9 Å². The average Bonchev–Trinajstić information content (AvgIpc) is 2.80. The number of nitrogens with zero attached hydrogens (tertiary/aromatic N) is 2. The first-order valence-corrected chi connectivity index (χ1v) is 6.92. The molecule has 94 valence electrons. The first-order chi connectivity index (χ1) is 8.49. The standard InChI is InChI=1S/C14H16BrN3/c1-14(2)8-7-11-12(14)13(16)18(17-11)10-5-3-9(15)4-6-10/h3-6H,7-8,16H2,1-2H3. The van der Waals surface area contributed by atoms with Crippen molar-refractivity contribution in [2.75, 3.05) is 5.73 Å². The molecule has 0 spiro atoms. The van der Waals surface area contributed by atoms with E-state index >= 15 is 0 Å². The second kappa shape index (κ2) is 3.85. The maximum absolute atomic E-state index is 6.29. The normalized spacial score (nSPS) is 16.8. The van der Waals surface area contributed by atoms with Crippen molar-refractivity contribution in [2.45, 2.75) is 32.1 Å². The summed E-state index contributed by atoms with van der Waals surface area (Å²) in [5.41, 5.74) is 9.83. The van der Waals surface area contributed by atoms with Crippen molar-refractivity contribution in [1.82, 2.24) is 9.78 Å². The van der Waals surface area contributed by atoms with Gasteiger partial charge in [0.25, 0.3) is 0 Å². The lowest BCUT2D eigenvalue weighted by Crippen LogP contribution is -2.15. The number of benzene rings is 1. The van der Waals surface area contributed by atoms with Gasteiger partial charge in [0.2, 0.25) is 0 Å². The maximum atomic E-state index is 6.29. The van der Waals surface area contributed by atoms with Crippen LogP contribution in [0.3, 0.4) is 0 Å². The third-order valence-corrected chi connectivity index (χ3v) is 4.26. The number of fused-ring (bicyclic) bond motifs is 1. The quantitative estimate of drug-likeness (QED) is 0.877. The molecule has 2 N–H and O–H groups in total. The van der Waals surface area contributed by atoms with Crippen molar-refractivity contribution in [3.63, 3.8) is 0 Å². The van der Waals surface area contributed by atoms with Crippen LogP contribution in [0.15, 0.2) is 28.7 Å². The van der Waals surface area contributed by atoms with Crippen molar-refractivity contribution < 1.29 is 0 Å². The summed E-state index contributed by atoms with van der Waals surface area (Å²) in [6.45, 7) is 4.48. The summed E-state index contributed by atoms with van der Waals surface area (Å²) in [7, 11) is 0. The fraction of sp³-hybridized carbons (Fsp3) is 0.357. The lowest BCUT2D eigenvalue weighted by molar-refractivity contribution is 0.519. The van der Waals surface area contributed by atoms with E-state index < -0.39 is 0 Å². The van der Waals surface area contributed by atoms with Gasteiger partial charge in [0.05, 0.1) is 11.4 Å². The Labute approximate surface area is 115 Å². The summed E-state index contributed by atoms with van der Waals surface area (Å²) in [5, 5.41) is 4.66. The summed E-state index contributed by atoms with van der Waals surface area (Å²) < 4.78 is 2.92. The van der Waals surface area contributed by atoms with Gasteiger partial charge < -0.3 is 5.73 Å². The minimum atomic E-state index is 0.146. The van der Waals surface area contributed by atoms with E-state index in [0.29, 0.717) is 0 Å². The van der Waals surface area contributed by atoms with Crippen LogP contribution in [0.25, 0.3) is 5.69 Å². The number of nitrogen functional groups attached to an aromatic ring is 1. The molecule has 4 heteroatoms. The minimum absolute atomic E-state index is 0.146. The van der Waals surface area contributed by atoms with Crippen LogP contribution in [0, 0.1) is 0 Å². The highest BCUT2D eigenvalue weighted by atomic mass is 79.9. The Kier molecular flexibility index (Phi) is 2.52. The molecule has 0 bridgehead atoms. The zero-order valence-electron chi connectivity index (χ0n) is 10.6. The molecule has 0 atom stereocenters. The van der Waals surface area contributed by atoms with E-state index in [1.807, 2.05) is 28.9 Å². The third kappa shape index (κ3) is 1.67. The number of hydrogen-bond acceptors (Lipinski definition) is 2. The van der Waals surface area contributed by atoms with E-state index in [0.717, 1.165) is 34.5 Å². The molecule has 0 aliphatic heterocycles. The predicted octanol–water partition coefficient (Wildman–Crippen LogP) is 3.44. The van der Waals surface area contributed by atoms with Crippen molar-refractivity contribution >= 4 is 21.7 Å². The Morgan fingerprint density at radius 3 is 2.56 bits per heavy atom. The van der Waals surface area contributed by atoms with E-state index in [1.54, 1.807) is 0 Å². The van der Waals surface area contributed by atoms with Gasteiger partial charge in [-0.15, -0.1) is 0 Å². The topological polar surface area (TPSA) is 43.8 Å². The highest BCUT2D eigenvalue weighted by Crippen LogP contribution is 2.42. The first kappa shape index (κ1) is 11.8. The third-order valence-electron chi connectivity index (χ3n) is 3.73. The summed E-state index contributed by atoms with van der Waals surface area (Å²) in [5.74, 6) is 0.787. The second-order valence-corrected chi connectivity index (χ2v) is 6.39. The monoisotopic (exact) mass is 305 g/mol. The minimum Gasteiger partial charge on any atom is -0.383 e. The van der Waals surface area contributed by atoms with E-state index in [-0.39, 0.29) is 5.41 Å². The highest BCUT2D eigenvalue weighted by molar-refractivity contribution is 9.10. The van der Waals surface area contributed by atoms with E-state index in [1.165, 1.54) is 5.56 Å². The molecule has 1 aromatic carbocycles. The van der Waals surface area contributed by atoms with Gasteiger partial charge in [-0.05, 0) is 42.5 Å². The molecule has 1 heterocycles. The molecule has 1 aliphatic carbocycles. The number of halogens is 1. The summed E-state index contributed by atoms with van der Waals surface area (Å²) in [4.78, 5) is 0. The Morgan fingerprint density at radius 2 is 1.94 bits per heavy atom. The summed E-state index contributed by atoms with van der Waals surface area (Å²) >= 11 is 3.44. The number of hydrogen-bond donors (Lipinski definition) is 1. The van der Waals surface area contributed by atoms with Crippen molar-refractivity contribution in [3.05, 3.63) is 40.0 Å². The Balaban J connectivity index is 2.13. The average molecular weight is 306 g/mol. The molecule has 1 aliphatic rings. The summed E-state index contributed by atoms with van der Waals surface area (Å²) in [6, 6.07) is 8.06. The molecule has 18 heavy (non-hydrogen) atoms. The van der Waals surface area contributed by atoms with Crippen LogP contribution in [-0.4, -0.2) is 9.78 Å². The van der Waals surface area contributed by atoms with E-state index in [4.69, 9.17) is 5.73 Å². The van der Waals surface area contributed by atoms with Crippen LogP contribution in [-0.2, 0) is 11.8 Å². The van der Waals surface area contributed by atoms with Crippen molar-refractivity contribution in [1.29, 1.82) is 0 Å².